The van der Waals surface area contributed by atoms with E-state index in [9.17, 15) is 4.79 Å². The largest absolute Gasteiger partial charge is 0.321 e. The molecule has 0 aliphatic carbocycles. The molecule has 0 aliphatic rings. The van der Waals surface area contributed by atoms with Gasteiger partial charge in [-0.1, -0.05) is 34.1 Å². The number of nitrogens with zero attached hydrogens (tertiary/aromatic N) is 1. The molecule has 1 amide bonds. The Hall–Kier alpha value is -2.12. The fourth-order valence-electron chi connectivity index (χ4n) is 1.50. The van der Waals surface area contributed by atoms with Gasteiger partial charge in [-0.3, -0.25) is 4.79 Å². The summed E-state index contributed by atoms with van der Waals surface area (Å²) < 4.78 is 0.810. The van der Waals surface area contributed by atoms with E-state index < -0.39 is 0 Å². The minimum atomic E-state index is -0.231. The Kier molecular flexibility index (Phi) is 3.75. The van der Waals surface area contributed by atoms with E-state index in [1.165, 1.54) is 0 Å². The molecule has 2 aromatic rings. The van der Waals surface area contributed by atoms with E-state index in [4.69, 9.17) is 5.26 Å². The predicted octanol–water partition coefficient (Wildman–Crippen LogP) is 3.57. The van der Waals surface area contributed by atoms with Gasteiger partial charge in [-0.25, -0.2) is 0 Å². The highest BCUT2D eigenvalue weighted by atomic mass is 79.9. The van der Waals surface area contributed by atoms with E-state index in [1.54, 1.807) is 42.5 Å². The molecule has 0 atom stereocenters. The Labute approximate surface area is 113 Å². The van der Waals surface area contributed by atoms with Crippen LogP contribution in [0, 0.1) is 11.3 Å². The molecule has 0 fully saturated rings. The highest BCUT2D eigenvalue weighted by Crippen LogP contribution is 2.21. The number of carbonyl (C=O) groups is 1. The number of hydrogen-bond donors (Lipinski definition) is 1. The lowest BCUT2D eigenvalue weighted by Gasteiger charge is -2.07. The van der Waals surface area contributed by atoms with Gasteiger partial charge >= 0.3 is 0 Å². The van der Waals surface area contributed by atoms with Crippen molar-refractivity contribution in [3.8, 4) is 6.07 Å². The number of hydrogen-bond acceptors (Lipinski definition) is 2. The minimum Gasteiger partial charge on any atom is -0.321 e. The van der Waals surface area contributed by atoms with Crippen molar-refractivity contribution in [3.63, 3.8) is 0 Å². The number of amides is 1. The van der Waals surface area contributed by atoms with Crippen molar-refractivity contribution in [2.45, 2.75) is 0 Å². The number of anilines is 1. The summed E-state index contributed by atoms with van der Waals surface area (Å²) in [6, 6.07) is 16.0. The van der Waals surface area contributed by atoms with Gasteiger partial charge in [-0.15, -0.1) is 0 Å². The van der Waals surface area contributed by atoms with Crippen LogP contribution in [-0.2, 0) is 0 Å². The maximum Gasteiger partial charge on any atom is 0.255 e. The van der Waals surface area contributed by atoms with Crippen LogP contribution in [0.15, 0.2) is 53.0 Å². The molecule has 2 rings (SSSR count). The van der Waals surface area contributed by atoms with Crippen molar-refractivity contribution in [2.24, 2.45) is 0 Å². The lowest BCUT2D eigenvalue weighted by Crippen LogP contribution is -2.12. The van der Waals surface area contributed by atoms with Crippen molar-refractivity contribution in [1.29, 1.82) is 5.26 Å². The summed E-state index contributed by atoms with van der Waals surface area (Å²) in [5.74, 6) is -0.231. The molecular formula is C14H9BrN2O. The van der Waals surface area contributed by atoms with E-state index in [2.05, 4.69) is 21.2 Å². The third kappa shape index (κ3) is 2.76. The minimum absolute atomic E-state index is 0.231. The summed E-state index contributed by atoms with van der Waals surface area (Å²) in [5.41, 5.74) is 1.49. The zero-order chi connectivity index (χ0) is 13.0. The van der Waals surface area contributed by atoms with Gasteiger partial charge in [0.25, 0.3) is 5.91 Å². The maximum absolute atomic E-state index is 12.0. The summed E-state index contributed by atoms with van der Waals surface area (Å²) in [6.45, 7) is 0. The van der Waals surface area contributed by atoms with Gasteiger partial charge in [0.05, 0.1) is 11.3 Å². The number of rotatable bonds is 2. The highest BCUT2D eigenvalue weighted by Gasteiger charge is 2.08. The van der Waals surface area contributed by atoms with E-state index in [0.717, 1.165) is 4.47 Å². The normalized spacial score (nSPS) is 9.56. The van der Waals surface area contributed by atoms with Crippen LogP contribution < -0.4 is 5.32 Å². The molecule has 0 heterocycles. The first-order valence-corrected chi connectivity index (χ1v) is 6.06. The Balaban J connectivity index is 2.28. The number of nitriles is 1. The lowest BCUT2D eigenvalue weighted by atomic mass is 10.1. The zero-order valence-corrected chi connectivity index (χ0v) is 10.9. The Bertz CT molecular complexity index is 617. The van der Waals surface area contributed by atoms with Crippen LogP contribution in [-0.4, -0.2) is 5.91 Å². The summed E-state index contributed by atoms with van der Waals surface area (Å²) in [6.07, 6.45) is 0. The van der Waals surface area contributed by atoms with E-state index in [-0.39, 0.29) is 5.91 Å². The first-order chi connectivity index (χ1) is 8.70. The number of benzene rings is 2. The molecule has 1 N–H and O–H groups in total. The smallest absolute Gasteiger partial charge is 0.255 e. The van der Waals surface area contributed by atoms with Crippen LogP contribution in [0.5, 0.6) is 0 Å². The standard InChI is InChI=1S/C14H9BrN2O/c15-12-7-6-11(9-16)13(8-12)17-14(18)10-4-2-1-3-5-10/h1-8H,(H,17,18). The molecule has 0 spiro atoms. The monoisotopic (exact) mass is 300 g/mol. The number of carbonyl (C=O) groups excluding carboxylic acids is 1. The van der Waals surface area contributed by atoms with Crippen LogP contribution >= 0.6 is 15.9 Å². The second-order valence-electron chi connectivity index (χ2n) is 3.62. The fraction of sp³-hybridized carbons (Fsp3) is 0. The van der Waals surface area contributed by atoms with E-state index in [1.807, 2.05) is 12.1 Å². The molecule has 0 aromatic heterocycles. The number of halogens is 1. The zero-order valence-electron chi connectivity index (χ0n) is 9.35. The molecule has 2 aromatic carbocycles. The average Bonchev–Trinajstić information content (AvgIpc) is 2.40. The van der Waals surface area contributed by atoms with Crippen LogP contribution in [0.4, 0.5) is 5.69 Å². The van der Waals surface area contributed by atoms with E-state index >= 15 is 0 Å². The molecule has 4 heteroatoms. The Morgan fingerprint density at radius 2 is 1.89 bits per heavy atom. The maximum atomic E-state index is 12.0. The van der Waals surface area contributed by atoms with Gasteiger partial charge in [0.15, 0.2) is 0 Å². The molecule has 0 unspecified atom stereocenters. The molecule has 0 aliphatic heterocycles. The topological polar surface area (TPSA) is 52.9 Å². The van der Waals surface area contributed by atoms with Crippen LogP contribution in [0.2, 0.25) is 0 Å². The van der Waals surface area contributed by atoms with Crippen LogP contribution in [0.1, 0.15) is 15.9 Å². The molecule has 0 bridgehead atoms. The van der Waals surface area contributed by atoms with Crippen molar-refractivity contribution in [2.75, 3.05) is 5.32 Å². The summed E-state index contributed by atoms with van der Waals surface area (Å²) in [7, 11) is 0. The first kappa shape index (κ1) is 12.3. The van der Waals surface area contributed by atoms with Crippen molar-refractivity contribution >= 4 is 27.5 Å². The molecular weight excluding hydrogens is 292 g/mol. The van der Waals surface area contributed by atoms with Gasteiger partial charge in [-0.2, -0.15) is 5.26 Å². The molecule has 0 saturated carbocycles. The second-order valence-corrected chi connectivity index (χ2v) is 4.54. The van der Waals surface area contributed by atoms with Crippen molar-refractivity contribution in [1.82, 2.24) is 0 Å². The van der Waals surface area contributed by atoms with Gasteiger partial charge < -0.3 is 5.32 Å². The summed E-state index contributed by atoms with van der Waals surface area (Å²) in [4.78, 5) is 12.0. The van der Waals surface area contributed by atoms with Crippen molar-refractivity contribution in [3.05, 3.63) is 64.1 Å². The fourth-order valence-corrected chi connectivity index (χ4v) is 1.86. The SMILES string of the molecule is N#Cc1ccc(Br)cc1NC(=O)c1ccccc1. The third-order valence-electron chi connectivity index (χ3n) is 2.39. The highest BCUT2D eigenvalue weighted by molar-refractivity contribution is 9.10. The Morgan fingerprint density at radius 3 is 2.56 bits per heavy atom. The molecule has 0 radical (unpaired) electrons. The molecule has 0 saturated heterocycles. The lowest BCUT2D eigenvalue weighted by molar-refractivity contribution is 0.102. The second kappa shape index (κ2) is 5.48. The number of nitrogens with one attached hydrogen (secondary N) is 1. The predicted molar refractivity (Wildman–Crippen MR) is 73.3 cm³/mol. The molecule has 18 heavy (non-hydrogen) atoms. The van der Waals surface area contributed by atoms with E-state index in [0.29, 0.717) is 16.8 Å². The first-order valence-electron chi connectivity index (χ1n) is 5.27. The molecule has 88 valence electrons. The van der Waals surface area contributed by atoms with Crippen molar-refractivity contribution < 1.29 is 4.79 Å². The Morgan fingerprint density at radius 1 is 1.17 bits per heavy atom. The summed E-state index contributed by atoms with van der Waals surface area (Å²) in [5, 5.41) is 11.7. The quantitative estimate of drug-likeness (QED) is 0.922. The van der Waals surface area contributed by atoms with Gasteiger partial charge in [0, 0.05) is 10.0 Å². The van der Waals surface area contributed by atoms with Gasteiger partial charge in [-0.05, 0) is 30.3 Å². The average molecular weight is 301 g/mol. The van der Waals surface area contributed by atoms with Gasteiger partial charge in [0.1, 0.15) is 6.07 Å². The third-order valence-corrected chi connectivity index (χ3v) is 2.88. The van der Waals surface area contributed by atoms with Gasteiger partial charge in [0.2, 0.25) is 0 Å². The van der Waals surface area contributed by atoms with Crippen LogP contribution in [0.3, 0.4) is 0 Å². The van der Waals surface area contributed by atoms with Crippen LogP contribution in [0.25, 0.3) is 0 Å². The molecule has 3 nitrogen and oxygen atoms in total. The summed E-state index contributed by atoms with van der Waals surface area (Å²) >= 11 is 3.31.